The van der Waals surface area contributed by atoms with Crippen LogP contribution in [0.4, 0.5) is 4.39 Å². The lowest BCUT2D eigenvalue weighted by molar-refractivity contribution is -0.127. The van der Waals surface area contributed by atoms with Crippen LogP contribution in [0, 0.1) is 5.82 Å². The molecule has 2 amide bonds. The van der Waals surface area contributed by atoms with Gasteiger partial charge in [-0.25, -0.2) is 4.39 Å². The molecule has 0 radical (unpaired) electrons. The quantitative estimate of drug-likeness (QED) is 0.561. The molecule has 1 saturated heterocycles. The molecule has 1 aromatic heterocycles. The van der Waals surface area contributed by atoms with Gasteiger partial charge in [-0.2, -0.15) is 0 Å². The summed E-state index contributed by atoms with van der Waals surface area (Å²) < 4.78 is 13.8. The zero-order valence-corrected chi connectivity index (χ0v) is 15.0. The molecule has 6 nitrogen and oxygen atoms in total. The Labute approximate surface area is 160 Å². The molecule has 7 heteroatoms. The molecule has 1 fully saturated rings. The number of carbonyl (C=O) groups is 3. The Morgan fingerprint density at radius 1 is 0.857 bits per heavy atom. The number of nitrogens with zero attached hydrogens (tertiary/aromatic N) is 2. The molecule has 1 N–H and O–H groups in total. The molecule has 1 aliphatic rings. The summed E-state index contributed by atoms with van der Waals surface area (Å²) >= 11 is 0. The molecule has 3 aromatic rings. The maximum atomic E-state index is 13.8. The van der Waals surface area contributed by atoms with Crippen LogP contribution in [0.2, 0.25) is 0 Å². The van der Waals surface area contributed by atoms with Crippen LogP contribution in [0.15, 0.2) is 54.7 Å². The standard InChI is InChI=1S/C21H18FN3O3/c22-17-8-4-7-15-16(13-23-18(15)17)19(26)21(28)25-11-9-24(10-12-25)20(27)14-5-2-1-3-6-14/h1-8,13,23H,9-12H2. The highest BCUT2D eigenvalue weighted by Crippen LogP contribution is 2.22. The van der Waals surface area contributed by atoms with Gasteiger partial charge >= 0.3 is 0 Å². The third-order valence-corrected chi connectivity index (χ3v) is 4.98. The van der Waals surface area contributed by atoms with E-state index < -0.39 is 17.5 Å². The molecular weight excluding hydrogens is 361 g/mol. The SMILES string of the molecule is O=C(C(=O)N1CCN(C(=O)c2ccccc2)CC1)c1c[nH]c2c(F)cccc12. The lowest BCUT2D eigenvalue weighted by Crippen LogP contribution is -2.52. The number of hydrogen-bond donors (Lipinski definition) is 1. The molecule has 2 aromatic carbocycles. The number of hydrogen-bond acceptors (Lipinski definition) is 3. The third kappa shape index (κ3) is 3.15. The van der Waals surface area contributed by atoms with Crippen LogP contribution < -0.4 is 0 Å². The van der Waals surface area contributed by atoms with Crippen molar-refractivity contribution in [2.24, 2.45) is 0 Å². The van der Waals surface area contributed by atoms with Gasteiger partial charge in [0, 0.05) is 43.3 Å². The Kier molecular flexibility index (Phi) is 4.65. The van der Waals surface area contributed by atoms with Crippen molar-refractivity contribution in [3.63, 3.8) is 0 Å². The number of Topliss-reactive ketones (excluding diaryl/α,β-unsaturated/α-hetero) is 1. The highest BCUT2D eigenvalue weighted by atomic mass is 19.1. The minimum Gasteiger partial charge on any atom is -0.358 e. The number of benzene rings is 2. The number of ketones is 1. The van der Waals surface area contributed by atoms with Gasteiger partial charge in [0.25, 0.3) is 17.6 Å². The van der Waals surface area contributed by atoms with Crippen LogP contribution in [0.3, 0.4) is 0 Å². The number of fused-ring (bicyclic) bond motifs is 1. The summed E-state index contributed by atoms with van der Waals surface area (Å²) in [5, 5.41) is 0.385. The lowest BCUT2D eigenvalue weighted by atomic mass is 10.1. The molecule has 0 spiro atoms. The number of halogens is 1. The maximum Gasteiger partial charge on any atom is 0.295 e. The summed E-state index contributed by atoms with van der Waals surface area (Å²) in [7, 11) is 0. The molecule has 2 heterocycles. The molecule has 0 unspecified atom stereocenters. The fourth-order valence-corrected chi connectivity index (χ4v) is 3.44. The van der Waals surface area contributed by atoms with Crippen LogP contribution in [0.25, 0.3) is 10.9 Å². The summed E-state index contributed by atoms with van der Waals surface area (Å²) in [6.45, 7) is 1.27. The molecule has 28 heavy (non-hydrogen) atoms. The first-order valence-corrected chi connectivity index (χ1v) is 9.00. The predicted molar refractivity (Wildman–Crippen MR) is 102 cm³/mol. The number of H-pyrrole nitrogens is 1. The lowest BCUT2D eigenvalue weighted by Gasteiger charge is -2.34. The normalized spacial score (nSPS) is 14.3. The van der Waals surface area contributed by atoms with E-state index in [9.17, 15) is 18.8 Å². The highest BCUT2D eigenvalue weighted by Gasteiger charge is 2.30. The first kappa shape index (κ1) is 17.9. The monoisotopic (exact) mass is 379 g/mol. The van der Waals surface area contributed by atoms with Gasteiger partial charge in [0.05, 0.1) is 11.1 Å². The van der Waals surface area contributed by atoms with Gasteiger partial charge in [0.15, 0.2) is 0 Å². The molecule has 0 atom stereocenters. The number of aromatic nitrogens is 1. The average molecular weight is 379 g/mol. The minimum atomic E-state index is -0.681. The van der Waals surface area contributed by atoms with Crippen LogP contribution in [0.1, 0.15) is 20.7 Å². The Morgan fingerprint density at radius 3 is 2.25 bits per heavy atom. The van der Waals surface area contributed by atoms with E-state index >= 15 is 0 Å². The van der Waals surface area contributed by atoms with Gasteiger partial charge < -0.3 is 14.8 Å². The first-order chi connectivity index (χ1) is 13.6. The fraction of sp³-hybridized carbons (Fsp3) is 0.190. The highest BCUT2D eigenvalue weighted by molar-refractivity contribution is 6.44. The summed E-state index contributed by atoms with van der Waals surface area (Å²) in [5.74, 6) is -1.89. The summed E-state index contributed by atoms with van der Waals surface area (Å²) in [5.41, 5.74) is 0.957. The Hall–Kier alpha value is -3.48. The molecule has 1 aliphatic heterocycles. The predicted octanol–water partition coefficient (Wildman–Crippen LogP) is 2.47. The number of carbonyl (C=O) groups excluding carboxylic acids is 3. The van der Waals surface area contributed by atoms with E-state index in [1.165, 1.54) is 23.2 Å². The zero-order valence-electron chi connectivity index (χ0n) is 15.0. The molecule has 0 saturated carbocycles. The number of piperazine rings is 1. The van der Waals surface area contributed by atoms with Crippen LogP contribution >= 0.6 is 0 Å². The van der Waals surface area contributed by atoms with Crippen molar-refractivity contribution < 1.29 is 18.8 Å². The number of amides is 2. The van der Waals surface area contributed by atoms with Crippen molar-refractivity contribution in [3.05, 3.63) is 71.7 Å². The van der Waals surface area contributed by atoms with Crippen molar-refractivity contribution in [2.75, 3.05) is 26.2 Å². The molecule has 0 bridgehead atoms. The van der Waals surface area contributed by atoms with E-state index in [2.05, 4.69) is 4.98 Å². The molecular formula is C21H18FN3O3. The summed E-state index contributed by atoms with van der Waals surface area (Å²) in [6.07, 6.45) is 1.36. The van der Waals surface area contributed by atoms with E-state index in [1.54, 1.807) is 35.2 Å². The van der Waals surface area contributed by atoms with E-state index in [4.69, 9.17) is 0 Å². The largest absolute Gasteiger partial charge is 0.358 e. The van der Waals surface area contributed by atoms with Crippen LogP contribution in [-0.4, -0.2) is 58.6 Å². The van der Waals surface area contributed by atoms with Crippen molar-refractivity contribution in [3.8, 4) is 0 Å². The number of nitrogens with one attached hydrogen (secondary N) is 1. The summed E-state index contributed by atoms with van der Waals surface area (Å²) in [4.78, 5) is 43.6. The van der Waals surface area contributed by atoms with E-state index in [0.717, 1.165) is 0 Å². The first-order valence-electron chi connectivity index (χ1n) is 9.00. The second-order valence-electron chi connectivity index (χ2n) is 6.64. The van der Waals surface area contributed by atoms with E-state index in [0.29, 0.717) is 24.0 Å². The molecule has 0 aliphatic carbocycles. The maximum absolute atomic E-state index is 13.8. The van der Waals surface area contributed by atoms with Crippen molar-refractivity contribution in [2.45, 2.75) is 0 Å². The topological polar surface area (TPSA) is 73.5 Å². The van der Waals surface area contributed by atoms with Gasteiger partial charge in [0.2, 0.25) is 0 Å². The Bertz CT molecular complexity index is 1050. The fourth-order valence-electron chi connectivity index (χ4n) is 3.44. The van der Waals surface area contributed by atoms with Crippen LogP contribution in [-0.2, 0) is 4.79 Å². The smallest absolute Gasteiger partial charge is 0.295 e. The summed E-state index contributed by atoms with van der Waals surface area (Å²) in [6, 6.07) is 13.3. The van der Waals surface area contributed by atoms with E-state index in [1.807, 2.05) is 6.07 Å². The third-order valence-electron chi connectivity index (χ3n) is 4.98. The Morgan fingerprint density at radius 2 is 1.54 bits per heavy atom. The number of para-hydroxylation sites is 1. The number of rotatable bonds is 3. The van der Waals surface area contributed by atoms with Gasteiger partial charge in [0.1, 0.15) is 5.82 Å². The van der Waals surface area contributed by atoms with Crippen LogP contribution in [0.5, 0.6) is 0 Å². The van der Waals surface area contributed by atoms with Crippen molar-refractivity contribution in [1.82, 2.24) is 14.8 Å². The van der Waals surface area contributed by atoms with Crippen molar-refractivity contribution in [1.29, 1.82) is 0 Å². The minimum absolute atomic E-state index is 0.0915. The van der Waals surface area contributed by atoms with Gasteiger partial charge in [-0.05, 0) is 18.2 Å². The average Bonchev–Trinajstić information content (AvgIpc) is 3.18. The zero-order chi connectivity index (χ0) is 19.7. The molecule has 4 rings (SSSR count). The van der Waals surface area contributed by atoms with Gasteiger partial charge in [-0.3, -0.25) is 14.4 Å². The van der Waals surface area contributed by atoms with Crippen molar-refractivity contribution >= 4 is 28.5 Å². The second kappa shape index (κ2) is 7.26. The van der Waals surface area contributed by atoms with E-state index in [-0.39, 0.29) is 30.1 Å². The Balaban J connectivity index is 1.44. The van der Waals surface area contributed by atoms with Gasteiger partial charge in [-0.1, -0.05) is 30.3 Å². The van der Waals surface area contributed by atoms with Gasteiger partial charge in [-0.15, -0.1) is 0 Å². The molecule has 142 valence electrons. The second-order valence-corrected chi connectivity index (χ2v) is 6.64. The number of aromatic amines is 1.